The van der Waals surface area contributed by atoms with Gasteiger partial charge in [0.25, 0.3) is 0 Å². The molecule has 2 aromatic rings. The molecule has 18 heavy (non-hydrogen) atoms. The molecule has 0 saturated heterocycles. The summed E-state index contributed by atoms with van der Waals surface area (Å²) >= 11 is 8.13. The average Bonchev–Trinajstić information content (AvgIpc) is 2.78. The van der Waals surface area contributed by atoms with Crippen LogP contribution >= 0.6 is 43.2 Å². The molecule has 0 bridgehead atoms. The van der Waals surface area contributed by atoms with Crippen LogP contribution in [0, 0.1) is 0 Å². The number of ketones is 1. The summed E-state index contributed by atoms with van der Waals surface area (Å²) in [6, 6.07) is 11.5. The standard InChI is InChI=1S/C13H10Br2O2S/c14-10-3-1-9(2-4-10)7-17-8-11(16)12-5-6-13(15)18-12/h1-6H,7-8H2. The Bertz CT molecular complexity index is 534. The second kappa shape index (κ2) is 6.61. The number of hydrogen-bond acceptors (Lipinski definition) is 3. The van der Waals surface area contributed by atoms with E-state index in [1.54, 1.807) is 6.07 Å². The van der Waals surface area contributed by atoms with Gasteiger partial charge in [-0.05, 0) is 45.8 Å². The van der Waals surface area contributed by atoms with E-state index in [1.165, 1.54) is 11.3 Å². The van der Waals surface area contributed by atoms with E-state index in [-0.39, 0.29) is 12.4 Å². The monoisotopic (exact) mass is 388 g/mol. The van der Waals surface area contributed by atoms with Crippen molar-refractivity contribution in [2.75, 3.05) is 6.61 Å². The summed E-state index contributed by atoms with van der Waals surface area (Å²) < 4.78 is 7.40. The van der Waals surface area contributed by atoms with Crippen molar-refractivity contribution in [1.82, 2.24) is 0 Å². The molecule has 0 spiro atoms. The van der Waals surface area contributed by atoms with Crippen LogP contribution in [0.5, 0.6) is 0 Å². The lowest BCUT2D eigenvalue weighted by Crippen LogP contribution is -2.07. The highest BCUT2D eigenvalue weighted by Gasteiger charge is 2.08. The first-order valence-corrected chi connectivity index (χ1v) is 7.66. The molecule has 1 aromatic carbocycles. The van der Waals surface area contributed by atoms with Crippen molar-refractivity contribution < 1.29 is 9.53 Å². The zero-order valence-corrected chi connectivity index (χ0v) is 13.3. The zero-order chi connectivity index (χ0) is 13.0. The Labute approximate surface area is 126 Å². The number of benzene rings is 1. The Hall–Kier alpha value is -0.490. The maximum Gasteiger partial charge on any atom is 0.198 e. The molecule has 0 aliphatic rings. The molecule has 2 rings (SSSR count). The molecule has 0 atom stereocenters. The second-order valence-electron chi connectivity index (χ2n) is 3.65. The molecular weight excluding hydrogens is 380 g/mol. The summed E-state index contributed by atoms with van der Waals surface area (Å²) in [5.74, 6) is 0.0165. The van der Waals surface area contributed by atoms with Gasteiger partial charge >= 0.3 is 0 Å². The lowest BCUT2D eigenvalue weighted by Gasteiger charge is -2.03. The van der Waals surface area contributed by atoms with E-state index in [0.717, 1.165) is 18.7 Å². The minimum atomic E-state index is 0.0165. The van der Waals surface area contributed by atoms with Crippen LogP contribution in [-0.2, 0) is 11.3 Å². The lowest BCUT2D eigenvalue weighted by atomic mass is 10.2. The number of halogens is 2. The van der Waals surface area contributed by atoms with Crippen LogP contribution in [0.1, 0.15) is 15.2 Å². The highest BCUT2D eigenvalue weighted by Crippen LogP contribution is 2.22. The van der Waals surface area contributed by atoms with Gasteiger partial charge in [0.05, 0.1) is 15.3 Å². The van der Waals surface area contributed by atoms with Crippen LogP contribution in [0.25, 0.3) is 0 Å². The number of ether oxygens (including phenoxy) is 1. The van der Waals surface area contributed by atoms with Crippen molar-refractivity contribution in [3.63, 3.8) is 0 Å². The quantitative estimate of drug-likeness (QED) is 0.694. The topological polar surface area (TPSA) is 26.3 Å². The molecule has 1 heterocycles. The van der Waals surface area contributed by atoms with E-state index in [0.29, 0.717) is 6.61 Å². The molecular formula is C13H10Br2O2S. The van der Waals surface area contributed by atoms with Crippen molar-refractivity contribution in [2.45, 2.75) is 6.61 Å². The summed E-state index contributed by atoms with van der Waals surface area (Å²) in [5.41, 5.74) is 1.05. The van der Waals surface area contributed by atoms with Crippen LogP contribution in [0.3, 0.4) is 0 Å². The fourth-order valence-electron chi connectivity index (χ4n) is 1.38. The van der Waals surface area contributed by atoms with Gasteiger partial charge in [0.15, 0.2) is 5.78 Å². The first-order valence-electron chi connectivity index (χ1n) is 5.26. The van der Waals surface area contributed by atoms with E-state index < -0.39 is 0 Å². The smallest absolute Gasteiger partial charge is 0.198 e. The summed E-state index contributed by atoms with van der Waals surface area (Å²) in [6.45, 7) is 0.564. The SMILES string of the molecule is O=C(COCc1ccc(Br)cc1)c1ccc(Br)s1. The van der Waals surface area contributed by atoms with Crippen LogP contribution in [0.2, 0.25) is 0 Å². The predicted molar refractivity (Wildman–Crippen MR) is 80.1 cm³/mol. The van der Waals surface area contributed by atoms with Crippen molar-refractivity contribution in [3.8, 4) is 0 Å². The van der Waals surface area contributed by atoms with E-state index in [4.69, 9.17) is 4.74 Å². The minimum absolute atomic E-state index is 0.0165. The van der Waals surface area contributed by atoms with Gasteiger partial charge in [0.1, 0.15) is 6.61 Å². The summed E-state index contributed by atoms with van der Waals surface area (Å²) in [4.78, 5) is 12.5. The van der Waals surface area contributed by atoms with Crippen LogP contribution in [0.4, 0.5) is 0 Å². The van der Waals surface area contributed by atoms with Crippen LogP contribution in [0.15, 0.2) is 44.7 Å². The van der Waals surface area contributed by atoms with Crippen molar-refractivity contribution in [1.29, 1.82) is 0 Å². The average molecular weight is 390 g/mol. The second-order valence-corrected chi connectivity index (χ2v) is 7.02. The Morgan fingerprint density at radius 3 is 2.44 bits per heavy atom. The van der Waals surface area contributed by atoms with E-state index in [9.17, 15) is 4.79 Å². The number of thiophene rings is 1. The van der Waals surface area contributed by atoms with Gasteiger partial charge in [-0.25, -0.2) is 0 Å². The number of Topliss-reactive ketones (excluding diaryl/α,β-unsaturated/α-hetero) is 1. The van der Waals surface area contributed by atoms with E-state index >= 15 is 0 Å². The Kier molecular flexibility index (Phi) is 5.12. The molecule has 0 amide bonds. The van der Waals surface area contributed by atoms with Gasteiger partial charge < -0.3 is 4.74 Å². The summed E-state index contributed by atoms with van der Waals surface area (Å²) in [7, 11) is 0. The van der Waals surface area contributed by atoms with Gasteiger partial charge in [-0.1, -0.05) is 28.1 Å². The fraction of sp³-hybridized carbons (Fsp3) is 0.154. The van der Waals surface area contributed by atoms with Gasteiger partial charge in [0, 0.05) is 4.47 Å². The summed E-state index contributed by atoms with van der Waals surface area (Å²) in [5, 5.41) is 0. The third-order valence-corrected chi connectivity index (χ3v) is 4.46. The van der Waals surface area contributed by atoms with E-state index in [1.807, 2.05) is 30.3 Å². The third-order valence-electron chi connectivity index (χ3n) is 2.26. The number of rotatable bonds is 5. The molecule has 5 heteroatoms. The molecule has 0 saturated carbocycles. The molecule has 0 unspecified atom stereocenters. The largest absolute Gasteiger partial charge is 0.369 e. The highest BCUT2D eigenvalue weighted by atomic mass is 79.9. The molecule has 1 aromatic heterocycles. The lowest BCUT2D eigenvalue weighted by molar-refractivity contribution is 0.0730. The Balaban J connectivity index is 1.82. The Morgan fingerprint density at radius 1 is 1.11 bits per heavy atom. The van der Waals surface area contributed by atoms with Gasteiger partial charge in [-0.2, -0.15) is 0 Å². The molecule has 0 fully saturated rings. The number of carbonyl (C=O) groups excluding carboxylic acids is 1. The molecule has 2 nitrogen and oxygen atoms in total. The molecule has 0 N–H and O–H groups in total. The molecule has 94 valence electrons. The number of hydrogen-bond donors (Lipinski definition) is 0. The summed E-state index contributed by atoms with van der Waals surface area (Å²) in [6.07, 6.45) is 0. The van der Waals surface area contributed by atoms with Crippen LogP contribution < -0.4 is 0 Å². The Morgan fingerprint density at radius 2 is 1.83 bits per heavy atom. The van der Waals surface area contributed by atoms with E-state index in [2.05, 4.69) is 31.9 Å². The van der Waals surface area contributed by atoms with Crippen LogP contribution in [-0.4, -0.2) is 12.4 Å². The zero-order valence-electron chi connectivity index (χ0n) is 9.36. The van der Waals surface area contributed by atoms with Crippen molar-refractivity contribution in [2.24, 2.45) is 0 Å². The third kappa shape index (κ3) is 4.02. The van der Waals surface area contributed by atoms with Gasteiger partial charge in [0.2, 0.25) is 0 Å². The van der Waals surface area contributed by atoms with Gasteiger partial charge in [-0.15, -0.1) is 11.3 Å². The predicted octanol–water partition coefficient (Wildman–Crippen LogP) is 4.67. The molecule has 0 radical (unpaired) electrons. The number of carbonyl (C=O) groups is 1. The first-order chi connectivity index (χ1) is 8.65. The maximum absolute atomic E-state index is 11.8. The maximum atomic E-state index is 11.8. The minimum Gasteiger partial charge on any atom is -0.369 e. The van der Waals surface area contributed by atoms with Gasteiger partial charge in [-0.3, -0.25) is 4.79 Å². The normalized spacial score (nSPS) is 10.6. The van der Waals surface area contributed by atoms with Crippen molar-refractivity contribution in [3.05, 3.63) is 55.1 Å². The van der Waals surface area contributed by atoms with Crippen molar-refractivity contribution >= 4 is 49.0 Å². The molecule has 0 aliphatic carbocycles. The highest BCUT2D eigenvalue weighted by molar-refractivity contribution is 9.11. The fourth-order valence-corrected chi connectivity index (χ4v) is 2.95. The first kappa shape index (κ1) is 13.9. The molecule has 0 aliphatic heterocycles.